The fourth-order valence-electron chi connectivity index (χ4n) is 1.20. The van der Waals surface area contributed by atoms with Crippen molar-refractivity contribution in [1.29, 1.82) is 0 Å². The zero-order chi connectivity index (χ0) is 11.1. The molecule has 4 nitrogen and oxygen atoms in total. The van der Waals surface area contributed by atoms with Crippen LogP contribution in [0, 0.1) is 0 Å². The van der Waals surface area contributed by atoms with Crippen LogP contribution in [0.5, 0.6) is 11.5 Å². The number of hydrogen-bond donors (Lipinski definition) is 1. The normalized spacial score (nSPS) is 10.1. The van der Waals surface area contributed by atoms with Gasteiger partial charge in [-0.05, 0) is 6.07 Å². The molecule has 1 rings (SSSR count). The number of rotatable bonds is 6. The Morgan fingerprint density at radius 3 is 2.60 bits per heavy atom. The maximum absolute atomic E-state index is 5.59. The second-order valence-corrected chi connectivity index (χ2v) is 3.02. The Bertz CT molecular complexity index is 302. The average Bonchev–Trinajstić information content (AvgIpc) is 2.29. The van der Waals surface area contributed by atoms with Crippen LogP contribution in [0.1, 0.15) is 5.56 Å². The van der Waals surface area contributed by atoms with Gasteiger partial charge in [-0.15, -0.1) is 0 Å². The summed E-state index contributed by atoms with van der Waals surface area (Å²) >= 11 is 0. The summed E-state index contributed by atoms with van der Waals surface area (Å²) < 4.78 is 15.5. The lowest BCUT2D eigenvalue weighted by Crippen LogP contribution is -2.07. The van der Waals surface area contributed by atoms with E-state index in [4.69, 9.17) is 19.9 Å². The van der Waals surface area contributed by atoms with Crippen molar-refractivity contribution in [3.8, 4) is 11.5 Å². The molecule has 0 unspecified atom stereocenters. The van der Waals surface area contributed by atoms with E-state index in [0.717, 1.165) is 17.1 Å². The van der Waals surface area contributed by atoms with E-state index in [0.29, 0.717) is 19.8 Å². The van der Waals surface area contributed by atoms with E-state index in [2.05, 4.69) is 0 Å². The Labute approximate surface area is 89.9 Å². The molecule has 0 bridgehead atoms. The van der Waals surface area contributed by atoms with Crippen LogP contribution in [0.3, 0.4) is 0 Å². The highest BCUT2D eigenvalue weighted by atomic mass is 16.5. The largest absolute Gasteiger partial charge is 0.497 e. The van der Waals surface area contributed by atoms with Gasteiger partial charge in [-0.1, -0.05) is 6.07 Å². The lowest BCUT2D eigenvalue weighted by molar-refractivity contribution is 0.145. The van der Waals surface area contributed by atoms with Crippen molar-refractivity contribution in [2.45, 2.75) is 6.54 Å². The zero-order valence-corrected chi connectivity index (χ0v) is 9.16. The van der Waals surface area contributed by atoms with E-state index in [-0.39, 0.29) is 0 Å². The van der Waals surface area contributed by atoms with Crippen LogP contribution in [0.4, 0.5) is 0 Å². The minimum atomic E-state index is 0.451. The van der Waals surface area contributed by atoms with Crippen molar-refractivity contribution < 1.29 is 14.2 Å². The fraction of sp³-hybridized carbons (Fsp3) is 0.455. The molecule has 0 fully saturated rings. The van der Waals surface area contributed by atoms with Crippen LogP contribution >= 0.6 is 0 Å². The second-order valence-electron chi connectivity index (χ2n) is 3.02. The van der Waals surface area contributed by atoms with Gasteiger partial charge in [-0.2, -0.15) is 0 Å². The summed E-state index contributed by atoms with van der Waals surface area (Å²) in [5, 5.41) is 0. The molecule has 0 aromatic heterocycles. The molecule has 1 aromatic rings. The van der Waals surface area contributed by atoms with Gasteiger partial charge in [-0.3, -0.25) is 0 Å². The molecule has 0 aliphatic carbocycles. The van der Waals surface area contributed by atoms with E-state index < -0.39 is 0 Å². The SMILES string of the molecule is COCCOc1cc(OC)ccc1CN. The van der Waals surface area contributed by atoms with Gasteiger partial charge in [0.2, 0.25) is 0 Å². The Morgan fingerprint density at radius 2 is 2.00 bits per heavy atom. The van der Waals surface area contributed by atoms with Crippen LogP contribution in [-0.4, -0.2) is 27.4 Å². The molecule has 0 aliphatic heterocycles. The van der Waals surface area contributed by atoms with Gasteiger partial charge in [0, 0.05) is 25.3 Å². The summed E-state index contributed by atoms with van der Waals surface area (Å²) in [5.74, 6) is 1.52. The topological polar surface area (TPSA) is 53.7 Å². The van der Waals surface area contributed by atoms with Crippen LogP contribution in [0.15, 0.2) is 18.2 Å². The molecular weight excluding hydrogens is 194 g/mol. The summed E-state index contributed by atoms with van der Waals surface area (Å²) in [5.41, 5.74) is 6.56. The quantitative estimate of drug-likeness (QED) is 0.718. The highest BCUT2D eigenvalue weighted by Gasteiger charge is 2.04. The Morgan fingerprint density at radius 1 is 1.20 bits per heavy atom. The van der Waals surface area contributed by atoms with Crippen molar-refractivity contribution in [3.05, 3.63) is 23.8 Å². The molecule has 0 radical (unpaired) electrons. The number of ether oxygens (including phenoxy) is 3. The maximum Gasteiger partial charge on any atom is 0.127 e. The molecule has 0 saturated carbocycles. The Hall–Kier alpha value is -1.26. The first kappa shape index (κ1) is 11.8. The van der Waals surface area contributed by atoms with Gasteiger partial charge >= 0.3 is 0 Å². The minimum Gasteiger partial charge on any atom is -0.497 e. The van der Waals surface area contributed by atoms with E-state index in [1.807, 2.05) is 18.2 Å². The summed E-state index contributed by atoms with van der Waals surface area (Å²) in [6.07, 6.45) is 0. The van der Waals surface area contributed by atoms with Gasteiger partial charge in [0.05, 0.1) is 13.7 Å². The molecule has 0 spiro atoms. The fourth-order valence-corrected chi connectivity index (χ4v) is 1.20. The summed E-state index contributed by atoms with van der Waals surface area (Å²) in [6, 6.07) is 5.60. The van der Waals surface area contributed by atoms with Gasteiger partial charge in [0.25, 0.3) is 0 Å². The molecule has 1 aromatic carbocycles. The van der Waals surface area contributed by atoms with Crippen LogP contribution in [-0.2, 0) is 11.3 Å². The first-order valence-electron chi connectivity index (χ1n) is 4.80. The van der Waals surface area contributed by atoms with Crippen molar-refractivity contribution in [1.82, 2.24) is 0 Å². The molecule has 0 amide bonds. The predicted molar refractivity (Wildman–Crippen MR) is 58.3 cm³/mol. The van der Waals surface area contributed by atoms with E-state index in [1.165, 1.54) is 0 Å². The molecule has 0 aliphatic rings. The third kappa shape index (κ3) is 3.42. The highest BCUT2D eigenvalue weighted by molar-refractivity contribution is 5.40. The molecule has 2 N–H and O–H groups in total. The van der Waals surface area contributed by atoms with Gasteiger partial charge in [-0.25, -0.2) is 0 Å². The molecule has 0 saturated heterocycles. The smallest absolute Gasteiger partial charge is 0.127 e. The minimum absolute atomic E-state index is 0.451. The number of methoxy groups -OCH3 is 2. The van der Waals surface area contributed by atoms with Crippen molar-refractivity contribution in [2.24, 2.45) is 5.73 Å². The van der Waals surface area contributed by atoms with Gasteiger partial charge in [0.1, 0.15) is 18.1 Å². The molecule has 0 atom stereocenters. The van der Waals surface area contributed by atoms with Crippen molar-refractivity contribution >= 4 is 0 Å². The first-order chi connectivity index (χ1) is 7.31. The van der Waals surface area contributed by atoms with E-state index >= 15 is 0 Å². The summed E-state index contributed by atoms with van der Waals surface area (Å²) in [4.78, 5) is 0. The van der Waals surface area contributed by atoms with Crippen LogP contribution in [0.25, 0.3) is 0 Å². The maximum atomic E-state index is 5.59. The van der Waals surface area contributed by atoms with Crippen LogP contribution in [0.2, 0.25) is 0 Å². The monoisotopic (exact) mass is 211 g/mol. The van der Waals surface area contributed by atoms with Crippen molar-refractivity contribution in [2.75, 3.05) is 27.4 Å². The highest BCUT2D eigenvalue weighted by Crippen LogP contribution is 2.24. The van der Waals surface area contributed by atoms with Gasteiger partial charge in [0.15, 0.2) is 0 Å². The lowest BCUT2D eigenvalue weighted by Gasteiger charge is -2.11. The van der Waals surface area contributed by atoms with E-state index in [1.54, 1.807) is 14.2 Å². The average molecular weight is 211 g/mol. The molecular formula is C11H17NO3. The summed E-state index contributed by atoms with van der Waals surface area (Å²) in [6.45, 7) is 1.52. The first-order valence-corrected chi connectivity index (χ1v) is 4.80. The predicted octanol–water partition coefficient (Wildman–Crippen LogP) is 1.18. The molecule has 4 heteroatoms. The van der Waals surface area contributed by atoms with E-state index in [9.17, 15) is 0 Å². The third-order valence-electron chi connectivity index (χ3n) is 2.04. The number of hydrogen-bond acceptors (Lipinski definition) is 4. The van der Waals surface area contributed by atoms with Crippen molar-refractivity contribution in [3.63, 3.8) is 0 Å². The number of nitrogens with two attached hydrogens (primary N) is 1. The standard InChI is InChI=1S/C11H17NO3/c1-13-5-6-15-11-7-10(14-2)4-3-9(11)8-12/h3-4,7H,5-6,8,12H2,1-2H3. The third-order valence-corrected chi connectivity index (χ3v) is 2.04. The molecule has 15 heavy (non-hydrogen) atoms. The lowest BCUT2D eigenvalue weighted by atomic mass is 10.2. The van der Waals surface area contributed by atoms with Crippen LogP contribution < -0.4 is 15.2 Å². The zero-order valence-electron chi connectivity index (χ0n) is 9.16. The summed E-state index contributed by atoms with van der Waals surface area (Å²) in [7, 11) is 3.26. The molecule has 84 valence electrons. The Kier molecular flexibility index (Phi) is 4.93. The molecule has 0 heterocycles. The number of benzene rings is 1. The second kappa shape index (κ2) is 6.27. The Balaban J connectivity index is 2.72. The van der Waals surface area contributed by atoms with Gasteiger partial charge < -0.3 is 19.9 Å².